The molecule has 2 aromatic rings. The average molecular weight is 394 g/mol. The summed E-state index contributed by atoms with van der Waals surface area (Å²) < 4.78 is 2.14. The van der Waals surface area contributed by atoms with E-state index >= 15 is 0 Å². The number of hydrogen-bond donors (Lipinski definition) is 1. The highest BCUT2D eigenvalue weighted by Crippen LogP contribution is 2.34. The molecule has 27 heavy (non-hydrogen) atoms. The maximum atomic E-state index is 6.62. The summed E-state index contributed by atoms with van der Waals surface area (Å²) in [7, 11) is 0. The minimum Gasteiger partial charge on any atom is -0.352 e. The molecule has 1 aromatic heterocycles. The quantitative estimate of drug-likeness (QED) is 0.581. The van der Waals surface area contributed by atoms with E-state index in [0.717, 1.165) is 73.7 Å². The molecule has 0 amide bonds. The normalized spacial score (nSPS) is 12.9. The van der Waals surface area contributed by atoms with E-state index in [0.29, 0.717) is 12.6 Å². The van der Waals surface area contributed by atoms with Gasteiger partial charge in [-0.25, -0.2) is 0 Å². The van der Waals surface area contributed by atoms with Gasteiger partial charge in [0.05, 0.1) is 15.9 Å². The Labute approximate surface area is 169 Å². The Bertz CT molecular complexity index is 695. The molecule has 0 saturated heterocycles. The molecule has 1 aromatic carbocycles. The van der Waals surface area contributed by atoms with E-state index in [1.807, 2.05) is 12.1 Å². The molecule has 1 atom stereocenters. The van der Waals surface area contributed by atoms with Gasteiger partial charge in [-0.15, -0.1) is 0 Å². The first kappa shape index (κ1) is 22.0. The molecule has 0 fully saturated rings. The van der Waals surface area contributed by atoms with E-state index in [1.165, 1.54) is 0 Å². The molecule has 6 heteroatoms. The fraction of sp³-hybridized carbons (Fsp3) is 0.667. The van der Waals surface area contributed by atoms with Gasteiger partial charge in [-0.3, -0.25) is 4.68 Å². The summed E-state index contributed by atoms with van der Waals surface area (Å²) in [4.78, 5) is 4.83. The Hall–Kier alpha value is -1.30. The molecule has 0 radical (unpaired) electrons. The van der Waals surface area contributed by atoms with Crippen molar-refractivity contribution in [2.75, 3.05) is 37.6 Å². The first-order valence-corrected chi connectivity index (χ1v) is 10.8. The number of benzene rings is 1. The summed E-state index contributed by atoms with van der Waals surface area (Å²) in [5, 5.41) is 6.87. The number of fused-ring (bicyclic) bond motifs is 1. The molecule has 1 heterocycles. The van der Waals surface area contributed by atoms with Crippen LogP contribution in [0.5, 0.6) is 0 Å². The summed E-state index contributed by atoms with van der Waals surface area (Å²) >= 11 is 6.62. The molecule has 2 rings (SSSR count). The van der Waals surface area contributed by atoms with Crippen LogP contribution in [0.4, 0.5) is 5.82 Å². The van der Waals surface area contributed by atoms with Crippen LogP contribution >= 0.6 is 11.6 Å². The van der Waals surface area contributed by atoms with Crippen LogP contribution in [-0.4, -0.2) is 53.4 Å². The van der Waals surface area contributed by atoms with Crippen molar-refractivity contribution in [1.82, 2.24) is 14.7 Å². The van der Waals surface area contributed by atoms with E-state index < -0.39 is 0 Å². The van der Waals surface area contributed by atoms with Gasteiger partial charge in [0.1, 0.15) is 0 Å². The maximum absolute atomic E-state index is 6.62. The van der Waals surface area contributed by atoms with Gasteiger partial charge in [-0.1, -0.05) is 38.4 Å². The second-order valence-electron chi connectivity index (χ2n) is 6.99. The molecule has 0 aliphatic heterocycles. The van der Waals surface area contributed by atoms with Gasteiger partial charge >= 0.3 is 0 Å². The van der Waals surface area contributed by atoms with Crippen molar-refractivity contribution in [1.29, 1.82) is 0 Å². The molecule has 0 saturated carbocycles. The summed E-state index contributed by atoms with van der Waals surface area (Å²) in [6.07, 6.45) is 3.09. The van der Waals surface area contributed by atoms with E-state index in [2.05, 4.69) is 48.2 Å². The van der Waals surface area contributed by atoms with Crippen LogP contribution in [0.2, 0.25) is 5.02 Å². The van der Waals surface area contributed by atoms with Crippen LogP contribution in [0.15, 0.2) is 18.2 Å². The van der Waals surface area contributed by atoms with Crippen LogP contribution in [0.25, 0.3) is 10.9 Å². The fourth-order valence-electron chi connectivity index (χ4n) is 3.88. The fourth-order valence-corrected chi connectivity index (χ4v) is 4.13. The molecule has 2 N–H and O–H groups in total. The standard InChI is InChI=1S/C21H36ClN5/c1-5-17(13-14-23)26(8-4)21-20-18(22)11-9-12-19(20)27(24-21)16-10-15-25(6-2)7-3/h9,11-12,17H,5-8,10,13-16,23H2,1-4H3. The lowest BCUT2D eigenvalue weighted by Crippen LogP contribution is -2.37. The number of anilines is 1. The minimum atomic E-state index is 0.387. The van der Waals surface area contributed by atoms with Crippen LogP contribution in [0.1, 0.15) is 47.0 Å². The van der Waals surface area contributed by atoms with Gasteiger partial charge in [0.2, 0.25) is 0 Å². The second kappa shape index (κ2) is 10.9. The zero-order chi connectivity index (χ0) is 19.8. The Kier molecular flexibility index (Phi) is 8.87. The lowest BCUT2D eigenvalue weighted by atomic mass is 10.1. The van der Waals surface area contributed by atoms with Crippen LogP contribution in [0, 0.1) is 0 Å². The van der Waals surface area contributed by atoms with Crippen LogP contribution in [0.3, 0.4) is 0 Å². The third-order valence-corrected chi connectivity index (χ3v) is 5.79. The molecule has 0 aliphatic rings. The zero-order valence-electron chi connectivity index (χ0n) is 17.4. The van der Waals surface area contributed by atoms with Gasteiger partial charge in [0, 0.05) is 19.1 Å². The van der Waals surface area contributed by atoms with E-state index in [9.17, 15) is 0 Å². The van der Waals surface area contributed by atoms with Crippen molar-refractivity contribution in [3.8, 4) is 0 Å². The van der Waals surface area contributed by atoms with Crippen LogP contribution < -0.4 is 10.6 Å². The monoisotopic (exact) mass is 393 g/mol. The van der Waals surface area contributed by atoms with Gasteiger partial charge in [0.15, 0.2) is 5.82 Å². The first-order valence-electron chi connectivity index (χ1n) is 10.4. The Morgan fingerprint density at radius 1 is 1.15 bits per heavy atom. The van der Waals surface area contributed by atoms with Crippen molar-refractivity contribution in [3.05, 3.63) is 23.2 Å². The first-order chi connectivity index (χ1) is 13.1. The number of rotatable bonds is 12. The summed E-state index contributed by atoms with van der Waals surface area (Å²) in [6, 6.07) is 6.50. The predicted octanol–water partition coefficient (Wildman–Crippen LogP) is 4.38. The predicted molar refractivity (Wildman–Crippen MR) is 118 cm³/mol. The summed E-state index contributed by atoms with van der Waals surface area (Å²) in [5.41, 5.74) is 6.98. The van der Waals surface area contributed by atoms with E-state index in [-0.39, 0.29) is 0 Å². The number of aromatic nitrogens is 2. The lowest BCUT2D eigenvalue weighted by molar-refractivity contribution is 0.292. The molecule has 0 bridgehead atoms. The molecule has 0 aliphatic carbocycles. The van der Waals surface area contributed by atoms with Crippen LogP contribution in [-0.2, 0) is 6.54 Å². The highest BCUT2D eigenvalue weighted by molar-refractivity contribution is 6.36. The molecular formula is C21H36ClN5. The SMILES string of the molecule is CCC(CCN)N(CC)c1nn(CCCN(CC)CC)c2cccc(Cl)c12. The Morgan fingerprint density at radius 3 is 2.48 bits per heavy atom. The average Bonchev–Trinajstić information content (AvgIpc) is 3.05. The minimum absolute atomic E-state index is 0.387. The molecule has 152 valence electrons. The van der Waals surface area contributed by atoms with Crippen molar-refractivity contribution < 1.29 is 0 Å². The Morgan fingerprint density at radius 2 is 1.89 bits per heavy atom. The maximum Gasteiger partial charge on any atom is 0.160 e. The topological polar surface area (TPSA) is 50.3 Å². The molecule has 5 nitrogen and oxygen atoms in total. The smallest absolute Gasteiger partial charge is 0.160 e. The third-order valence-electron chi connectivity index (χ3n) is 5.47. The number of aryl methyl sites for hydroxylation is 1. The van der Waals surface area contributed by atoms with Crippen molar-refractivity contribution in [2.45, 2.75) is 59.5 Å². The largest absolute Gasteiger partial charge is 0.352 e. The number of nitrogens with two attached hydrogens (primary N) is 1. The van der Waals surface area contributed by atoms with Gasteiger partial charge in [0.25, 0.3) is 0 Å². The van der Waals surface area contributed by atoms with Crippen molar-refractivity contribution in [2.24, 2.45) is 5.73 Å². The summed E-state index contributed by atoms with van der Waals surface area (Å²) in [6.45, 7) is 14.6. The van der Waals surface area contributed by atoms with Crippen molar-refractivity contribution in [3.63, 3.8) is 0 Å². The van der Waals surface area contributed by atoms with E-state index in [1.54, 1.807) is 0 Å². The number of halogens is 1. The third kappa shape index (κ3) is 5.15. The van der Waals surface area contributed by atoms with Gasteiger partial charge in [-0.2, -0.15) is 5.10 Å². The lowest BCUT2D eigenvalue weighted by Gasteiger charge is -2.30. The van der Waals surface area contributed by atoms with Gasteiger partial charge in [-0.05, 0) is 64.5 Å². The second-order valence-corrected chi connectivity index (χ2v) is 7.39. The Balaban J connectivity index is 2.36. The highest BCUT2D eigenvalue weighted by Gasteiger charge is 2.23. The van der Waals surface area contributed by atoms with Crippen molar-refractivity contribution >= 4 is 28.3 Å². The highest BCUT2D eigenvalue weighted by atomic mass is 35.5. The molecular weight excluding hydrogens is 358 g/mol. The summed E-state index contributed by atoms with van der Waals surface area (Å²) in [5.74, 6) is 1.00. The molecule has 1 unspecified atom stereocenters. The van der Waals surface area contributed by atoms with E-state index in [4.69, 9.17) is 22.4 Å². The number of hydrogen-bond acceptors (Lipinski definition) is 4. The molecule has 0 spiro atoms. The zero-order valence-corrected chi connectivity index (χ0v) is 18.2. The number of nitrogens with zero attached hydrogens (tertiary/aromatic N) is 4. The van der Waals surface area contributed by atoms with Gasteiger partial charge < -0.3 is 15.5 Å².